The van der Waals surface area contributed by atoms with Crippen molar-refractivity contribution >= 4 is 11.8 Å². The van der Waals surface area contributed by atoms with Gasteiger partial charge >= 0.3 is 0 Å². The van der Waals surface area contributed by atoms with Crippen molar-refractivity contribution in [3.63, 3.8) is 0 Å². The van der Waals surface area contributed by atoms with Crippen molar-refractivity contribution in [1.29, 1.82) is 0 Å². The third-order valence-electron chi connectivity index (χ3n) is 4.68. The lowest BCUT2D eigenvalue weighted by atomic mass is 10.1. The second kappa shape index (κ2) is 10.2. The van der Waals surface area contributed by atoms with Crippen LogP contribution in [0.2, 0.25) is 0 Å². The van der Waals surface area contributed by atoms with Crippen molar-refractivity contribution in [2.45, 2.75) is 13.1 Å². The number of hydrogen-bond donors (Lipinski definition) is 2. The van der Waals surface area contributed by atoms with Crippen molar-refractivity contribution in [2.24, 2.45) is 0 Å². The third kappa shape index (κ3) is 5.82. The highest BCUT2D eigenvalue weighted by Gasteiger charge is 2.11. The highest BCUT2D eigenvalue weighted by Crippen LogP contribution is 2.27. The van der Waals surface area contributed by atoms with Gasteiger partial charge in [0, 0.05) is 24.2 Å². The SMILES string of the molecule is COc1ccc(C(=O)NCc2ccc(C(=O)NCc3ccc(F)cc3)cc2)cc1OC. The maximum absolute atomic E-state index is 12.9. The van der Waals surface area contributed by atoms with Crippen LogP contribution in [0.1, 0.15) is 31.8 Å². The van der Waals surface area contributed by atoms with E-state index in [2.05, 4.69) is 10.6 Å². The molecule has 0 radical (unpaired) electrons. The zero-order valence-corrected chi connectivity index (χ0v) is 17.3. The lowest BCUT2D eigenvalue weighted by Gasteiger charge is -2.10. The average molecular weight is 422 g/mol. The summed E-state index contributed by atoms with van der Waals surface area (Å²) in [5.41, 5.74) is 2.61. The molecule has 0 saturated carbocycles. The molecule has 0 fully saturated rings. The van der Waals surface area contributed by atoms with Gasteiger partial charge in [0.1, 0.15) is 5.82 Å². The number of ether oxygens (including phenoxy) is 2. The summed E-state index contributed by atoms with van der Waals surface area (Å²) >= 11 is 0. The van der Waals surface area contributed by atoms with Crippen LogP contribution < -0.4 is 20.1 Å². The van der Waals surface area contributed by atoms with Crippen LogP contribution in [0.5, 0.6) is 11.5 Å². The van der Waals surface area contributed by atoms with E-state index in [1.165, 1.54) is 26.4 Å². The van der Waals surface area contributed by atoms with Crippen LogP contribution in [0, 0.1) is 5.82 Å². The molecule has 0 aliphatic heterocycles. The van der Waals surface area contributed by atoms with Crippen LogP contribution in [0.15, 0.2) is 66.7 Å². The summed E-state index contributed by atoms with van der Waals surface area (Å²) in [6, 6.07) is 17.8. The predicted octanol–water partition coefficient (Wildman–Crippen LogP) is 3.70. The Morgan fingerprint density at radius 3 is 1.74 bits per heavy atom. The Hall–Kier alpha value is -3.87. The van der Waals surface area contributed by atoms with Crippen molar-refractivity contribution < 1.29 is 23.5 Å². The van der Waals surface area contributed by atoms with Gasteiger partial charge in [-0.25, -0.2) is 4.39 Å². The first-order valence-electron chi connectivity index (χ1n) is 9.62. The highest BCUT2D eigenvalue weighted by molar-refractivity contribution is 5.95. The van der Waals surface area contributed by atoms with Crippen molar-refractivity contribution in [3.05, 3.63) is 94.8 Å². The summed E-state index contributed by atoms with van der Waals surface area (Å²) in [4.78, 5) is 24.7. The third-order valence-corrected chi connectivity index (χ3v) is 4.68. The molecule has 6 nitrogen and oxygen atoms in total. The smallest absolute Gasteiger partial charge is 0.251 e. The van der Waals surface area contributed by atoms with Gasteiger partial charge in [-0.2, -0.15) is 0 Å². The van der Waals surface area contributed by atoms with Crippen molar-refractivity contribution in [2.75, 3.05) is 14.2 Å². The molecule has 0 unspecified atom stereocenters. The van der Waals surface area contributed by atoms with Crippen LogP contribution >= 0.6 is 0 Å². The van der Waals surface area contributed by atoms with Gasteiger partial charge in [-0.15, -0.1) is 0 Å². The van der Waals surface area contributed by atoms with E-state index in [1.807, 2.05) is 0 Å². The van der Waals surface area contributed by atoms with Crippen LogP contribution in [-0.2, 0) is 13.1 Å². The van der Waals surface area contributed by atoms with Crippen molar-refractivity contribution in [3.8, 4) is 11.5 Å². The van der Waals surface area contributed by atoms with Gasteiger partial charge in [0.25, 0.3) is 11.8 Å². The largest absolute Gasteiger partial charge is 0.493 e. The monoisotopic (exact) mass is 422 g/mol. The fourth-order valence-electron chi connectivity index (χ4n) is 2.92. The normalized spacial score (nSPS) is 10.3. The molecule has 3 rings (SSSR count). The molecule has 2 amide bonds. The quantitative estimate of drug-likeness (QED) is 0.580. The van der Waals surface area contributed by atoms with Crippen molar-refractivity contribution in [1.82, 2.24) is 10.6 Å². The number of nitrogens with one attached hydrogen (secondary N) is 2. The number of benzene rings is 3. The molecule has 0 aliphatic carbocycles. The van der Waals surface area contributed by atoms with E-state index >= 15 is 0 Å². The fourth-order valence-corrected chi connectivity index (χ4v) is 2.92. The number of halogens is 1. The minimum Gasteiger partial charge on any atom is -0.493 e. The van der Waals surface area contributed by atoms with Gasteiger partial charge in [-0.05, 0) is 53.6 Å². The Bertz CT molecular complexity index is 1050. The average Bonchev–Trinajstić information content (AvgIpc) is 2.81. The van der Waals surface area contributed by atoms with Gasteiger partial charge < -0.3 is 20.1 Å². The van der Waals surface area contributed by atoms with Gasteiger partial charge in [0.05, 0.1) is 14.2 Å². The number of carbonyl (C=O) groups excluding carboxylic acids is 2. The second-order valence-corrected chi connectivity index (χ2v) is 6.76. The molecular formula is C24H23FN2O4. The Labute approximate surface area is 180 Å². The molecule has 0 atom stereocenters. The maximum atomic E-state index is 12.9. The molecule has 0 bridgehead atoms. The number of hydrogen-bond acceptors (Lipinski definition) is 4. The minimum atomic E-state index is -0.316. The molecule has 31 heavy (non-hydrogen) atoms. The topological polar surface area (TPSA) is 76.7 Å². The fraction of sp³-hybridized carbons (Fsp3) is 0.167. The molecule has 160 valence electrons. The molecule has 3 aromatic rings. The predicted molar refractivity (Wildman–Crippen MR) is 115 cm³/mol. The van der Waals surface area contributed by atoms with Crippen LogP contribution in [0.25, 0.3) is 0 Å². The zero-order chi connectivity index (χ0) is 22.2. The lowest BCUT2D eigenvalue weighted by Crippen LogP contribution is -2.24. The summed E-state index contributed by atoms with van der Waals surface area (Å²) in [6.45, 7) is 0.618. The Morgan fingerprint density at radius 1 is 0.710 bits per heavy atom. The van der Waals surface area contributed by atoms with Crippen LogP contribution in [0.4, 0.5) is 4.39 Å². The zero-order valence-electron chi connectivity index (χ0n) is 17.3. The first-order valence-corrected chi connectivity index (χ1v) is 9.62. The lowest BCUT2D eigenvalue weighted by molar-refractivity contribution is 0.0941. The van der Waals surface area contributed by atoms with Gasteiger partial charge in [-0.1, -0.05) is 24.3 Å². The molecular weight excluding hydrogens is 399 g/mol. The number of rotatable bonds is 8. The highest BCUT2D eigenvalue weighted by atomic mass is 19.1. The van der Waals surface area contributed by atoms with E-state index in [4.69, 9.17) is 9.47 Å². The van der Waals surface area contributed by atoms with E-state index in [0.717, 1.165) is 11.1 Å². The second-order valence-electron chi connectivity index (χ2n) is 6.76. The Balaban J connectivity index is 1.53. The standard InChI is InChI=1S/C24H23FN2O4/c1-30-21-12-9-19(13-22(21)31-2)24(29)27-14-16-3-7-18(8-4-16)23(28)26-15-17-5-10-20(25)11-6-17/h3-13H,14-15H2,1-2H3,(H,26,28)(H,27,29). The van der Waals surface area contributed by atoms with E-state index in [0.29, 0.717) is 35.7 Å². The summed E-state index contributed by atoms with van der Waals surface area (Å²) in [5, 5.41) is 5.63. The Morgan fingerprint density at radius 2 is 1.19 bits per heavy atom. The molecule has 7 heteroatoms. The molecule has 3 aromatic carbocycles. The van der Waals surface area contributed by atoms with Gasteiger partial charge in [0.2, 0.25) is 0 Å². The van der Waals surface area contributed by atoms with E-state index in [9.17, 15) is 14.0 Å². The number of amides is 2. The first kappa shape index (κ1) is 21.8. The Kier molecular flexibility index (Phi) is 7.22. The summed E-state index contributed by atoms with van der Waals surface area (Å²) < 4.78 is 23.3. The molecule has 2 N–H and O–H groups in total. The summed E-state index contributed by atoms with van der Waals surface area (Å²) in [5.74, 6) is 0.231. The molecule has 0 aliphatic rings. The summed E-state index contributed by atoms with van der Waals surface area (Å²) in [7, 11) is 3.04. The van der Waals surface area contributed by atoms with E-state index in [1.54, 1.807) is 54.6 Å². The van der Waals surface area contributed by atoms with E-state index < -0.39 is 0 Å². The minimum absolute atomic E-state index is 0.231. The maximum Gasteiger partial charge on any atom is 0.251 e. The molecule has 0 aromatic heterocycles. The summed E-state index contributed by atoms with van der Waals surface area (Å²) in [6.07, 6.45) is 0. The van der Waals surface area contributed by atoms with Gasteiger partial charge in [0.15, 0.2) is 11.5 Å². The van der Waals surface area contributed by atoms with Gasteiger partial charge in [-0.3, -0.25) is 9.59 Å². The molecule has 0 heterocycles. The number of methoxy groups -OCH3 is 2. The van der Waals surface area contributed by atoms with E-state index in [-0.39, 0.29) is 17.6 Å². The molecule has 0 saturated heterocycles. The first-order chi connectivity index (χ1) is 15.0. The molecule has 0 spiro atoms. The van der Waals surface area contributed by atoms with Crippen LogP contribution in [-0.4, -0.2) is 26.0 Å². The van der Waals surface area contributed by atoms with Crippen LogP contribution in [0.3, 0.4) is 0 Å². The number of carbonyl (C=O) groups is 2.